The number of halogens is 4. The molecule has 31 heavy (non-hydrogen) atoms. The number of hydrogen-bond acceptors (Lipinski definition) is 4. The predicted octanol–water partition coefficient (Wildman–Crippen LogP) is 5.93. The lowest BCUT2D eigenvalue weighted by molar-refractivity contribution is 0.0504. The molecule has 2 aromatic carbocycles. The van der Waals surface area contributed by atoms with Crippen molar-refractivity contribution in [1.82, 2.24) is 5.32 Å². The molecule has 0 fully saturated rings. The molecular formula is C21H22BrClF2N2O4. The Morgan fingerprint density at radius 3 is 2.48 bits per heavy atom. The molecule has 0 heterocycles. The highest BCUT2D eigenvalue weighted by Gasteiger charge is 2.21. The summed E-state index contributed by atoms with van der Waals surface area (Å²) in [6.45, 7) is 6.90. The predicted molar refractivity (Wildman–Crippen MR) is 118 cm³/mol. The van der Waals surface area contributed by atoms with Gasteiger partial charge in [0, 0.05) is 0 Å². The molecule has 168 valence electrons. The van der Waals surface area contributed by atoms with Crippen LogP contribution in [-0.2, 0) is 4.74 Å². The van der Waals surface area contributed by atoms with Gasteiger partial charge in [-0.15, -0.1) is 0 Å². The molecule has 0 saturated heterocycles. The maximum Gasteiger partial charge on any atom is 0.407 e. The van der Waals surface area contributed by atoms with Crippen molar-refractivity contribution < 1.29 is 27.8 Å². The van der Waals surface area contributed by atoms with Crippen molar-refractivity contribution in [3.05, 3.63) is 57.0 Å². The van der Waals surface area contributed by atoms with Crippen molar-refractivity contribution in [1.29, 1.82) is 0 Å². The average Bonchev–Trinajstić information content (AvgIpc) is 2.64. The van der Waals surface area contributed by atoms with Crippen LogP contribution in [0.2, 0.25) is 5.02 Å². The minimum atomic E-state index is -0.819. The molecule has 0 aliphatic rings. The second kappa shape index (κ2) is 10.3. The molecule has 2 N–H and O–H groups in total. The molecule has 0 saturated carbocycles. The van der Waals surface area contributed by atoms with Crippen molar-refractivity contribution in [3.8, 4) is 5.75 Å². The summed E-state index contributed by atoms with van der Waals surface area (Å²) in [6.07, 6.45) is -1.23. The van der Waals surface area contributed by atoms with E-state index in [-0.39, 0.29) is 33.0 Å². The van der Waals surface area contributed by atoms with Crippen LogP contribution in [0, 0.1) is 11.6 Å². The fourth-order valence-corrected chi connectivity index (χ4v) is 2.93. The number of amides is 2. The summed E-state index contributed by atoms with van der Waals surface area (Å²) in [5, 5.41) is 4.87. The Hall–Kier alpha value is -2.39. The van der Waals surface area contributed by atoms with E-state index in [1.54, 1.807) is 27.7 Å². The van der Waals surface area contributed by atoms with Gasteiger partial charge in [-0.25, -0.2) is 13.6 Å². The molecule has 2 amide bonds. The highest BCUT2D eigenvalue weighted by Crippen LogP contribution is 2.30. The highest BCUT2D eigenvalue weighted by molar-refractivity contribution is 9.10. The van der Waals surface area contributed by atoms with E-state index in [9.17, 15) is 18.4 Å². The van der Waals surface area contributed by atoms with E-state index in [1.165, 1.54) is 18.2 Å². The van der Waals surface area contributed by atoms with Crippen LogP contribution in [0.1, 0.15) is 38.1 Å². The molecule has 0 aromatic heterocycles. The fraction of sp³-hybridized carbons (Fsp3) is 0.333. The normalized spacial score (nSPS) is 12.1. The number of para-hydroxylation sites is 1. The summed E-state index contributed by atoms with van der Waals surface area (Å²) >= 11 is 8.99. The summed E-state index contributed by atoms with van der Waals surface area (Å²) in [5.74, 6) is -2.25. The van der Waals surface area contributed by atoms with Crippen LogP contribution < -0.4 is 15.4 Å². The van der Waals surface area contributed by atoms with Gasteiger partial charge in [-0.3, -0.25) is 4.79 Å². The van der Waals surface area contributed by atoms with Crippen LogP contribution in [-0.4, -0.2) is 30.3 Å². The molecule has 0 aliphatic heterocycles. The van der Waals surface area contributed by atoms with Gasteiger partial charge < -0.3 is 20.1 Å². The van der Waals surface area contributed by atoms with E-state index in [0.29, 0.717) is 0 Å². The standard InChI is InChI=1S/C21H22BrClF2N2O4/c1-11(10-26-20(29)31-21(2,3)4)30-17-9-13(22)16(25)8-12(17)19(28)27-18-14(23)6-5-7-15(18)24/h5-9,11H,10H2,1-4H3,(H,26,29)(H,27,28)/t11-/m1/s1. The van der Waals surface area contributed by atoms with E-state index >= 15 is 0 Å². The molecule has 1 atom stereocenters. The third kappa shape index (κ3) is 7.36. The first-order chi connectivity index (χ1) is 14.4. The summed E-state index contributed by atoms with van der Waals surface area (Å²) < 4.78 is 39.1. The van der Waals surface area contributed by atoms with Crippen LogP contribution in [0.4, 0.5) is 19.3 Å². The minimum Gasteiger partial charge on any atom is -0.488 e. The number of anilines is 1. The van der Waals surface area contributed by atoms with Gasteiger partial charge in [0.15, 0.2) is 0 Å². The Kier molecular flexibility index (Phi) is 8.25. The van der Waals surface area contributed by atoms with Crippen LogP contribution in [0.25, 0.3) is 0 Å². The van der Waals surface area contributed by atoms with E-state index in [2.05, 4.69) is 26.6 Å². The van der Waals surface area contributed by atoms with Gasteiger partial charge in [0.1, 0.15) is 29.1 Å². The van der Waals surface area contributed by atoms with Crippen LogP contribution in [0.3, 0.4) is 0 Å². The van der Waals surface area contributed by atoms with Crippen LogP contribution in [0.5, 0.6) is 5.75 Å². The van der Waals surface area contributed by atoms with Gasteiger partial charge in [-0.05, 0) is 67.9 Å². The number of nitrogens with one attached hydrogen (secondary N) is 2. The lowest BCUT2D eigenvalue weighted by atomic mass is 10.1. The van der Waals surface area contributed by atoms with Gasteiger partial charge in [0.25, 0.3) is 5.91 Å². The van der Waals surface area contributed by atoms with Crippen molar-refractivity contribution in [2.75, 3.05) is 11.9 Å². The molecular weight excluding hydrogens is 498 g/mol. The number of rotatable bonds is 6. The zero-order chi connectivity index (χ0) is 23.3. The number of carbonyl (C=O) groups excluding carboxylic acids is 2. The molecule has 0 aliphatic carbocycles. The Labute approximate surface area is 192 Å². The van der Waals surface area contributed by atoms with E-state index in [1.807, 2.05) is 0 Å². The lowest BCUT2D eigenvalue weighted by Crippen LogP contribution is -2.37. The Morgan fingerprint density at radius 2 is 1.87 bits per heavy atom. The SMILES string of the molecule is C[C@H](CNC(=O)OC(C)(C)C)Oc1cc(Br)c(F)cc1C(=O)Nc1c(F)cccc1Cl. The first-order valence-corrected chi connectivity index (χ1v) is 10.4. The third-order valence-corrected chi connectivity index (χ3v) is 4.65. The van der Waals surface area contributed by atoms with E-state index in [0.717, 1.165) is 12.1 Å². The second-order valence-corrected chi connectivity index (χ2v) is 8.89. The Balaban J connectivity index is 2.18. The molecule has 10 heteroatoms. The maximum atomic E-state index is 14.1. The van der Waals surface area contributed by atoms with Crippen molar-refractivity contribution in [2.45, 2.75) is 39.4 Å². The Morgan fingerprint density at radius 1 is 1.19 bits per heavy atom. The van der Waals surface area contributed by atoms with Gasteiger partial charge >= 0.3 is 6.09 Å². The molecule has 0 spiro atoms. The van der Waals surface area contributed by atoms with Crippen LogP contribution >= 0.6 is 27.5 Å². The van der Waals surface area contributed by atoms with Crippen molar-refractivity contribution in [3.63, 3.8) is 0 Å². The molecule has 6 nitrogen and oxygen atoms in total. The second-order valence-electron chi connectivity index (χ2n) is 7.62. The van der Waals surface area contributed by atoms with Gasteiger partial charge in [-0.2, -0.15) is 0 Å². The van der Waals surface area contributed by atoms with E-state index in [4.69, 9.17) is 21.1 Å². The largest absolute Gasteiger partial charge is 0.488 e. The van der Waals surface area contributed by atoms with Crippen LogP contribution in [0.15, 0.2) is 34.8 Å². The fourth-order valence-electron chi connectivity index (χ4n) is 2.40. The lowest BCUT2D eigenvalue weighted by Gasteiger charge is -2.22. The van der Waals surface area contributed by atoms with Gasteiger partial charge in [0.2, 0.25) is 0 Å². The number of alkyl carbamates (subject to hydrolysis) is 1. The minimum absolute atomic E-state index is 0.0108. The number of benzene rings is 2. The zero-order valence-electron chi connectivity index (χ0n) is 17.3. The Bertz CT molecular complexity index is 962. The first kappa shape index (κ1) is 24.9. The number of ether oxygens (including phenoxy) is 2. The smallest absolute Gasteiger partial charge is 0.407 e. The quantitative estimate of drug-likeness (QED) is 0.496. The molecule has 0 bridgehead atoms. The summed E-state index contributed by atoms with van der Waals surface area (Å²) in [6, 6.07) is 6.16. The summed E-state index contributed by atoms with van der Waals surface area (Å²) in [5.41, 5.74) is -1.07. The highest BCUT2D eigenvalue weighted by atomic mass is 79.9. The van der Waals surface area contributed by atoms with E-state index < -0.39 is 35.3 Å². The van der Waals surface area contributed by atoms with Crippen molar-refractivity contribution in [2.24, 2.45) is 0 Å². The molecule has 0 unspecified atom stereocenters. The molecule has 0 radical (unpaired) electrons. The van der Waals surface area contributed by atoms with Crippen molar-refractivity contribution >= 4 is 45.2 Å². The first-order valence-electron chi connectivity index (χ1n) is 9.25. The monoisotopic (exact) mass is 518 g/mol. The topological polar surface area (TPSA) is 76.7 Å². The maximum absolute atomic E-state index is 14.1. The van der Waals surface area contributed by atoms with Gasteiger partial charge in [0.05, 0.1) is 27.3 Å². The third-order valence-electron chi connectivity index (χ3n) is 3.73. The molecule has 2 rings (SSSR count). The summed E-state index contributed by atoms with van der Waals surface area (Å²) in [7, 11) is 0. The summed E-state index contributed by atoms with van der Waals surface area (Å²) in [4.78, 5) is 24.5. The molecule has 2 aromatic rings. The van der Waals surface area contributed by atoms with Gasteiger partial charge in [-0.1, -0.05) is 17.7 Å². The average molecular weight is 520 g/mol. The number of hydrogen-bond donors (Lipinski definition) is 2. The zero-order valence-corrected chi connectivity index (χ0v) is 19.7. The number of carbonyl (C=O) groups is 2.